The van der Waals surface area contributed by atoms with Gasteiger partial charge in [-0.1, -0.05) is 13.8 Å². The monoisotopic (exact) mass is 362 g/mol. The molecule has 1 rings (SSSR count). The average molecular weight is 363 g/mol. The lowest BCUT2D eigenvalue weighted by Crippen LogP contribution is -2.43. The predicted molar refractivity (Wildman–Crippen MR) is 99.4 cm³/mol. The quantitative estimate of drug-likeness (QED) is 0.345. The summed E-state index contributed by atoms with van der Waals surface area (Å²) in [4.78, 5) is 9.42. The minimum absolute atomic E-state index is 0.0639. The molecule has 0 aliphatic carbocycles. The van der Waals surface area contributed by atoms with Crippen LogP contribution >= 0.6 is 0 Å². The molecule has 1 aliphatic rings. The Morgan fingerprint density at radius 2 is 2.00 bits per heavy atom. The second-order valence-electron chi connectivity index (χ2n) is 6.09. The smallest absolute Gasteiger partial charge is 0.194 e. The first-order valence-electron chi connectivity index (χ1n) is 8.94. The zero-order valence-electron chi connectivity index (χ0n) is 15.6. The molecule has 1 atom stereocenters. The van der Waals surface area contributed by atoms with Gasteiger partial charge in [-0.15, -0.1) is 0 Å². The first-order chi connectivity index (χ1) is 11.4. The van der Waals surface area contributed by atoms with E-state index in [0.717, 1.165) is 45.1 Å². The molecule has 1 aliphatic heterocycles. The summed E-state index contributed by atoms with van der Waals surface area (Å²) in [5.74, 6) is 0.993. The van der Waals surface area contributed by atoms with E-state index < -0.39 is 9.84 Å². The Morgan fingerprint density at radius 1 is 1.29 bits per heavy atom. The number of aliphatic imine (C=N–C) groups is 1. The molecule has 142 valence electrons. The lowest BCUT2D eigenvalue weighted by molar-refractivity contribution is 0.157. The summed E-state index contributed by atoms with van der Waals surface area (Å²) in [6.45, 7) is 12.7. The Hall–Kier alpha value is -0.860. The van der Waals surface area contributed by atoms with Crippen molar-refractivity contribution in [2.45, 2.75) is 33.2 Å². The highest BCUT2D eigenvalue weighted by Gasteiger charge is 2.27. The van der Waals surface area contributed by atoms with E-state index in [1.807, 2.05) is 0 Å². The van der Waals surface area contributed by atoms with E-state index in [1.165, 1.54) is 6.26 Å². The Kier molecular flexibility index (Phi) is 9.61. The van der Waals surface area contributed by atoms with Crippen LogP contribution in [0, 0.1) is 0 Å². The molecule has 7 nitrogen and oxygen atoms in total. The summed E-state index contributed by atoms with van der Waals surface area (Å²) >= 11 is 0. The lowest BCUT2D eigenvalue weighted by Gasteiger charge is -2.27. The molecule has 1 N–H and O–H groups in total. The molecule has 0 aromatic carbocycles. The van der Waals surface area contributed by atoms with Crippen molar-refractivity contribution in [1.82, 2.24) is 15.1 Å². The van der Waals surface area contributed by atoms with Crippen molar-refractivity contribution >= 4 is 15.8 Å². The topological polar surface area (TPSA) is 74.2 Å². The second kappa shape index (κ2) is 10.9. The molecule has 1 saturated heterocycles. The average Bonchev–Trinajstić information content (AvgIpc) is 2.99. The molecule has 1 heterocycles. The molecular formula is C16H34N4O3S. The summed E-state index contributed by atoms with van der Waals surface area (Å²) in [7, 11) is -2.95. The van der Waals surface area contributed by atoms with Crippen LogP contribution in [0.1, 0.15) is 27.2 Å². The van der Waals surface area contributed by atoms with E-state index in [4.69, 9.17) is 4.74 Å². The molecule has 24 heavy (non-hydrogen) atoms. The molecule has 0 bridgehead atoms. The number of ether oxygens (including phenoxy) is 1. The number of likely N-dealkylation sites (N-methyl/N-ethyl adjacent to an activating group) is 1. The number of nitrogens with one attached hydrogen (secondary N) is 1. The van der Waals surface area contributed by atoms with Crippen LogP contribution in [0.15, 0.2) is 4.99 Å². The van der Waals surface area contributed by atoms with E-state index in [9.17, 15) is 8.42 Å². The van der Waals surface area contributed by atoms with E-state index in [2.05, 4.69) is 40.9 Å². The van der Waals surface area contributed by atoms with Crippen molar-refractivity contribution in [1.29, 1.82) is 0 Å². The molecule has 1 unspecified atom stereocenters. The highest BCUT2D eigenvalue weighted by atomic mass is 32.2. The summed E-state index contributed by atoms with van der Waals surface area (Å²) in [6, 6.07) is 0.592. The third-order valence-electron chi connectivity index (χ3n) is 4.22. The molecule has 8 heteroatoms. The number of rotatable bonds is 10. The third-order valence-corrected chi connectivity index (χ3v) is 5.13. The highest BCUT2D eigenvalue weighted by molar-refractivity contribution is 7.90. The number of guanidine groups is 1. The van der Waals surface area contributed by atoms with Crippen LogP contribution in [-0.2, 0) is 14.6 Å². The van der Waals surface area contributed by atoms with Gasteiger partial charge in [-0.25, -0.2) is 8.42 Å². The summed E-state index contributed by atoms with van der Waals surface area (Å²) in [5.41, 5.74) is 0. The van der Waals surface area contributed by atoms with Gasteiger partial charge in [0, 0.05) is 31.9 Å². The maximum absolute atomic E-state index is 11.0. The third kappa shape index (κ3) is 7.81. The fourth-order valence-electron chi connectivity index (χ4n) is 2.93. The molecule has 0 amide bonds. The minimum Gasteiger partial charge on any atom is -0.378 e. The number of hydrogen-bond donors (Lipinski definition) is 1. The summed E-state index contributed by atoms with van der Waals surface area (Å²) in [6.07, 6.45) is 2.38. The number of nitrogens with zero attached hydrogens (tertiary/aromatic N) is 3. The zero-order valence-corrected chi connectivity index (χ0v) is 16.4. The van der Waals surface area contributed by atoms with Gasteiger partial charge in [0.25, 0.3) is 0 Å². The first-order valence-corrected chi connectivity index (χ1v) is 11.0. The van der Waals surface area contributed by atoms with Crippen LogP contribution in [0.5, 0.6) is 0 Å². The lowest BCUT2D eigenvalue weighted by atomic mass is 10.2. The highest BCUT2D eigenvalue weighted by Crippen LogP contribution is 2.15. The van der Waals surface area contributed by atoms with Crippen molar-refractivity contribution < 1.29 is 13.2 Å². The summed E-state index contributed by atoms with van der Waals surface area (Å²) in [5, 5.41) is 3.34. The van der Waals surface area contributed by atoms with Gasteiger partial charge in [-0.05, 0) is 26.4 Å². The Morgan fingerprint density at radius 3 is 2.58 bits per heavy atom. The standard InChI is InChI=1S/C16H34N4O3S/c1-5-17-16(18-9-11-23-12-13-24(4,21)22)20-10-8-15(14-20)19(6-2)7-3/h15H,5-14H2,1-4H3,(H,17,18). The Labute approximate surface area is 147 Å². The molecule has 1 fully saturated rings. The van der Waals surface area contributed by atoms with Gasteiger partial charge in [-0.2, -0.15) is 0 Å². The van der Waals surface area contributed by atoms with Crippen LogP contribution in [0.25, 0.3) is 0 Å². The van der Waals surface area contributed by atoms with Gasteiger partial charge < -0.3 is 15.0 Å². The van der Waals surface area contributed by atoms with E-state index in [-0.39, 0.29) is 12.4 Å². The van der Waals surface area contributed by atoms with Gasteiger partial charge >= 0.3 is 0 Å². The van der Waals surface area contributed by atoms with E-state index in [1.54, 1.807) is 0 Å². The van der Waals surface area contributed by atoms with Crippen LogP contribution < -0.4 is 5.32 Å². The normalized spacial score (nSPS) is 19.3. The van der Waals surface area contributed by atoms with Crippen molar-refractivity contribution in [2.24, 2.45) is 4.99 Å². The fraction of sp³-hybridized carbons (Fsp3) is 0.938. The minimum atomic E-state index is -2.95. The van der Waals surface area contributed by atoms with Crippen LogP contribution in [0.4, 0.5) is 0 Å². The maximum atomic E-state index is 11.0. The number of hydrogen-bond acceptors (Lipinski definition) is 5. The SMILES string of the molecule is CCNC(=NCCOCCS(C)(=O)=O)N1CCC(N(CC)CC)C1. The molecular weight excluding hydrogens is 328 g/mol. The van der Waals surface area contributed by atoms with Crippen molar-refractivity contribution in [2.75, 3.05) is 64.5 Å². The maximum Gasteiger partial charge on any atom is 0.194 e. The van der Waals surface area contributed by atoms with Crippen molar-refractivity contribution in [3.05, 3.63) is 0 Å². The Bertz CT molecular complexity index is 478. The van der Waals surface area contributed by atoms with Gasteiger partial charge in [0.2, 0.25) is 0 Å². The molecule has 0 spiro atoms. The zero-order chi connectivity index (χ0) is 18.0. The largest absolute Gasteiger partial charge is 0.378 e. The van der Waals surface area contributed by atoms with E-state index in [0.29, 0.717) is 19.2 Å². The first kappa shape index (κ1) is 21.2. The van der Waals surface area contributed by atoms with Crippen LogP contribution in [0.2, 0.25) is 0 Å². The van der Waals surface area contributed by atoms with Crippen molar-refractivity contribution in [3.8, 4) is 0 Å². The summed E-state index contributed by atoms with van der Waals surface area (Å²) < 4.78 is 27.4. The Balaban J connectivity index is 2.43. The van der Waals surface area contributed by atoms with Crippen LogP contribution in [-0.4, -0.2) is 94.7 Å². The van der Waals surface area contributed by atoms with Crippen LogP contribution in [0.3, 0.4) is 0 Å². The fourth-order valence-corrected chi connectivity index (χ4v) is 3.35. The number of sulfone groups is 1. The molecule has 0 aromatic heterocycles. The second-order valence-corrected chi connectivity index (χ2v) is 8.35. The van der Waals surface area contributed by atoms with Gasteiger partial charge in [0.15, 0.2) is 5.96 Å². The van der Waals surface area contributed by atoms with Gasteiger partial charge in [0.1, 0.15) is 9.84 Å². The van der Waals surface area contributed by atoms with Gasteiger partial charge in [-0.3, -0.25) is 9.89 Å². The van der Waals surface area contributed by atoms with Crippen molar-refractivity contribution in [3.63, 3.8) is 0 Å². The van der Waals surface area contributed by atoms with E-state index >= 15 is 0 Å². The predicted octanol–water partition coefficient (Wildman–Crippen LogP) is 0.429. The van der Waals surface area contributed by atoms with Gasteiger partial charge in [0.05, 0.1) is 25.5 Å². The molecule has 0 radical (unpaired) electrons. The number of likely N-dealkylation sites (tertiary alicyclic amines) is 1. The molecule has 0 saturated carbocycles. The molecule has 0 aromatic rings.